The Bertz CT molecular complexity index is 562. The third-order valence-electron chi connectivity index (χ3n) is 3.11. The van der Waals surface area contributed by atoms with Crippen LogP contribution in [0.2, 0.25) is 0 Å². The molecule has 2 rings (SSSR count). The maximum absolute atomic E-state index is 13.1. The summed E-state index contributed by atoms with van der Waals surface area (Å²) >= 11 is 0. The maximum Gasteiger partial charge on any atom is 0.421 e. The Balaban J connectivity index is 2.74. The molecule has 0 radical (unpaired) electrons. The molecule has 0 spiro atoms. The van der Waals surface area contributed by atoms with Crippen molar-refractivity contribution in [1.29, 1.82) is 0 Å². The van der Waals surface area contributed by atoms with Crippen molar-refractivity contribution in [3.63, 3.8) is 0 Å². The molecule has 0 aliphatic carbocycles. The van der Waals surface area contributed by atoms with Gasteiger partial charge >= 0.3 is 6.18 Å². The van der Waals surface area contributed by atoms with Gasteiger partial charge in [-0.1, -0.05) is 25.1 Å². The first-order valence-electron chi connectivity index (χ1n) is 5.52. The summed E-state index contributed by atoms with van der Waals surface area (Å²) in [6.07, 6.45) is -2.25. The number of hydrogen-bond acceptors (Lipinski definition) is 2. The lowest BCUT2D eigenvalue weighted by Crippen LogP contribution is -2.41. The first-order chi connectivity index (χ1) is 8.40. The number of pyridine rings is 1. The third kappa shape index (κ3) is 1.84. The number of benzene rings is 1. The average Bonchev–Trinajstić information content (AvgIpc) is 2.35. The van der Waals surface area contributed by atoms with Gasteiger partial charge in [-0.2, -0.15) is 13.2 Å². The lowest BCUT2D eigenvalue weighted by molar-refractivity contribution is -0.267. The highest BCUT2D eigenvalue weighted by molar-refractivity contribution is 5.85. The van der Waals surface area contributed by atoms with Crippen LogP contribution >= 0.6 is 0 Å². The molecule has 0 aliphatic heterocycles. The van der Waals surface area contributed by atoms with Gasteiger partial charge in [0, 0.05) is 23.3 Å². The molecule has 2 aromatic rings. The van der Waals surface area contributed by atoms with E-state index in [1.165, 1.54) is 37.5 Å². The highest BCUT2D eigenvalue weighted by Crippen LogP contribution is 2.43. The number of rotatable bonds is 2. The number of halogens is 3. The van der Waals surface area contributed by atoms with Crippen molar-refractivity contribution in [2.45, 2.75) is 25.1 Å². The van der Waals surface area contributed by atoms with Crippen LogP contribution in [0.25, 0.3) is 10.8 Å². The summed E-state index contributed by atoms with van der Waals surface area (Å²) in [6.45, 7) is 1.31. The minimum absolute atomic E-state index is 0.127. The highest BCUT2D eigenvalue weighted by Gasteiger charge is 2.54. The molecule has 1 heterocycles. The van der Waals surface area contributed by atoms with Crippen molar-refractivity contribution in [3.8, 4) is 0 Å². The van der Waals surface area contributed by atoms with E-state index in [4.69, 9.17) is 0 Å². The van der Waals surface area contributed by atoms with Crippen LogP contribution < -0.4 is 0 Å². The monoisotopic (exact) mass is 255 g/mol. The molecule has 1 unspecified atom stereocenters. The molecule has 2 nitrogen and oxygen atoms in total. The molecule has 0 saturated heterocycles. The predicted molar refractivity (Wildman–Crippen MR) is 62.0 cm³/mol. The molecule has 0 amide bonds. The van der Waals surface area contributed by atoms with E-state index < -0.39 is 18.2 Å². The Morgan fingerprint density at radius 2 is 1.94 bits per heavy atom. The molecule has 0 fully saturated rings. The molecule has 0 bridgehead atoms. The summed E-state index contributed by atoms with van der Waals surface area (Å²) in [5.74, 6) is 0. The summed E-state index contributed by atoms with van der Waals surface area (Å²) in [5.41, 5.74) is -2.95. The van der Waals surface area contributed by atoms with Crippen LogP contribution in [-0.2, 0) is 5.60 Å². The second kappa shape index (κ2) is 4.24. The number of fused-ring (bicyclic) bond motifs is 1. The van der Waals surface area contributed by atoms with E-state index in [0.717, 1.165) is 0 Å². The van der Waals surface area contributed by atoms with E-state index in [-0.39, 0.29) is 5.56 Å². The molecule has 18 heavy (non-hydrogen) atoms. The summed E-state index contributed by atoms with van der Waals surface area (Å²) in [4.78, 5) is 3.86. The number of hydrogen-bond donors (Lipinski definition) is 1. The largest absolute Gasteiger partial charge is 0.421 e. The first-order valence-corrected chi connectivity index (χ1v) is 5.52. The van der Waals surface area contributed by atoms with Gasteiger partial charge in [-0.25, -0.2) is 0 Å². The molecule has 5 heteroatoms. The number of alkyl halides is 3. The molecule has 1 aromatic carbocycles. The molecular formula is C13H12F3NO. The quantitative estimate of drug-likeness (QED) is 0.892. The molecule has 0 saturated carbocycles. The smallest absolute Gasteiger partial charge is 0.376 e. The Labute approximate surface area is 102 Å². The van der Waals surface area contributed by atoms with Gasteiger partial charge in [0.2, 0.25) is 0 Å². The van der Waals surface area contributed by atoms with Crippen molar-refractivity contribution in [3.05, 3.63) is 42.2 Å². The van der Waals surface area contributed by atoms with E-state index in [2.05, 4.69) is 4.98 Å². The average molecular weight is 255 g/mol. The third-order valence-corrected chi connectivity index (χ3v) is 3.11. The maximum atomic E-state index is 13.1. The molecule has 1 atom stereocenters. The zero-order chi connectivity index (χ0) is 13.4. The fourth-order valence-corrected chi connectivity index (χ4v) is 2.03. The van der Waals surface area contributed by atoms with Crippen molar-refractivity contribution in [2.24, 2.45) is 0 Å². The summed E-state index contributed by atoms with van der Waals surface area (Å²) < 4.78 is 39.2. The van der Waals surface area contributed by atoms with Crippen molar-refractivity contribution >= 4 is 10.8 Å². The van der Waals surface area contributed by atoms with E-state index in [1.807, 2.05) is 0 Å². The lowest BCUT2D eigenvalue weighted by Gasteiger charge is -2.30. The van der Waals surface area contributed by atoms with Gasteiger partial charge < -0.3 is 5.11 Å². The van der Waals surface area contributed by atoms with E-state index in [1.54, 1.807) is 6.07 Å². The van der Waals surface area contributed by atoms with Crippen molar-refractivity contribution < 1.29 is 18.3 Å². The topological polar surface area (TPSA) is 33.1 Å². The van der Waals surface area contributed by atoms with Crippen molar-refractivity contribution in [1.82, 2.24) is 4.98 Å². The Morgan fingerprint density at radius 1 is 1.22 bits per heavy atom. The Hall–Kier alpha value is -1.62. The van der Waals surface area contributed by atoms with Crippen LogP contribution in [0.5, 0.6) is 0 Å². The van der Waals surface area contributed by atoms with E-state index >= 15 is 0 Å². The summed E-state index contributed by atoms with van der Waals surface area (Å²) in [7, 11) is 0. The number of aromatic nitrogens is 1. The van der Waals surface area contributed by atoms with Gasteiger partial charge in [-0.15, -0.1) is 0 Å². The molecule has 0 aliphatic rings. The second-order valence-corrected chi connectivity index (χ2v) is 4.11. The predicted octanol–water partition coefficient (Wildman–Crippen LogP) is 3.39. The van der Waals surface area contributed by atoms with E-state index in [0.29, 0.717) is 10.8 Å². The Morgan fingerprint density at radius 3 is 2.56 bits per heavy atom. The number of aliphatic hydroxyl groups is 1. The molecule has 96 valence electrons. The van der Waals surface area contributed by atoms with Gasteiger partial charge in [-0.05, 0) is 17.9 Å². The van der Waals surface area contributed by atoms with Crippen LogP contribution in [0.15, 0.2) is 36.7 Å². The molecular weight excluding hydrogens is 243 g/mol. The second-order valence-electron chi connectivity index (χ2n) is 4.11. The minimum atomic E-state index is -4.71. The van der Waals surface area contributed by atoms with Gasteiger partial charge in [0.25, 0.3) is 0 Å². The molecule has 1 N–H and O–H groups in total. The number of nitrogens with zero attached hydrogens (tertiary/aromatic N) is 1. The lowest BCUT2D eigenvalue weighted by atomic mass is 9.87. The summed E-state index contributed by atoms with van der Waals surface area (Å²) in [5, 5.41) is 10.9. The zero-order valence-electron chi connectivity index (χ0n) is 9.70. The van der Waals surface area contributed by atoms with Gasteiger partial charge in [0.05, 0.1) is 0 Å². The molecule has 1 aromatic heterocycles. The SMILES string of the molecule is CCC(O)(c1cccc2cnccc12)C(F)(F)F. The zero-order valence-corrected chi connectivity index (χ0v) is 9.70. The van der Waals surface area contributed by atoms with Gasteiger partial charge in [0.1, 0.15) is 0 Å². The van der Waals surface area contributed by atoms with Crippen LogP contribution in [0, 0.1) is 0 Å². The van der Waals surface area contributed by atoms with Gasteiger partial charge in [0.15, 0.2) is 5.60 Å². The van der Waals surface area contributed by atoms with Crippen LogP contribution in [0.1, 0.15) is 18.9 Å². The summed E-state index contributed by atoms with van der Waals surface area (Å²) in [6, 6.07) is 5.94. The van der Waals surface area contributed by atoms with Crippen LogP contribution in [0.4, 0.5) is 13.2 Å². The first kappa shape index (κ1) is 12.8. The normalized spacial score (nSPS) is 15.6. The van der Waals surface area contributed by atoms with Crippen LogP contribution in [0.3, 0.4) is 0 Å². The minimum Gasteiger partial charge on any atom is -0.376 e. The fourth-order valence-electron chi connectivity index (χ4n) is 2.03. The highest BCUT2D eigenvalue weighted by atomic mass is 19.4. The van der Waals surface area contributed by atoms with E-state index in [9.17, 15) is 18.3 Å². The Kier molecular flexibility index (Phi) is 3.02. The van der Waals surface area contributed by atoms with Crippen LogP contribution in [-0.4, -0.2) is 16.3 Å². The van der Waals surface area contributed by atoms with Gasteiger partial charge in [-0.3, -0.25) is 4.98 Å². The standard InChI is InChI=1S/C13H12F3NO/c1-2-12(18,13(14,15)16)11-5-3-4-9-8-17-7-6-10(9)11/h3-8,18H,2H2,1H3. The fraction of sp³-hybridized carbons (Fsp3) is 0.308. The van der Waals surface area contributed by atoms with Crippen molar-refractivity contribution in [2.75, 3.05) is 0 Å².